The molecular weight excluding hydrogens is 340 g/mol. The van der Waals surface area contributed by atoms with Crippen molar-refractivity contribution in [3.8, 4) is 0 Å². The molecule has 0 saturated heterocycles. The van der Waals surface area contributed by atoms with E-state index in [1.165, 1.54) is 12.7 Å². The van der Waals surface area contributed by atoms with Crippen LogP contribution in [-0.2, 0) is 20.0 Å². The van der Waals surface area contributed by atoms with E-state index in [1.54, 1.807) is 11.8 Å². The number of carbonyl (C=O) groups excluding carboxylic acids is 2. The number of methoxy groups -OCH3 is 1. The second-order valence-corrected chi connectivity index (χ2v) is 7.58. The van der Waals surface area contributed by atoms with Crippen molar-refractivity contribution in [2.75, 3.05) is 26.0 Å². The Labute approximate surface area is 154 Å². The third kappa shape index (κ3) is 10.7. The average Bonchev–Trinajstić information content (AvgIpc) is 2.53. The van der Waals surface area contributed by atoms with Gasteiger partial charge in [-0.2, -0.15) is 11.8 Å². The number of nitrogens with one attached hydrogen (secondary N) is 2. The molecule has 2 N–H and O–H groups in total. The Morgan fingerprint density at radius 1 is 1.20 bits per heavy atom. The van der Waals surface area contributed by atoms with Crippen LogP contribution in [0.3, 0.4) is 0 Å². The third-order valence-electron chi connectivity index (χ3n) is 3.04. The van der Waals surface area contributed by atoms with Gasteiger partial charge in [0.05, 0.1) is 19.7 Å². The van der Waals surface area contributed by atoms with E-state index in [0.717, 1.165) is 5.75 Å². The summed E-state index contributed by atoms with van der Waals surface area (Å²) < 4.78 is 9.90. The van der Waals surface area contributed by atoms with Crippen molar-refractivity contribution in [1.82, 2.24) is 10.6 Å². The van der Waals surface area contributed by atoms with Crippen molar-refractivity contribution in [2.45, 2.75) is 38.2 Å². The average molecular weight is 368 g/mol. The lowest BCUT2D eigenvalue weighted by Gasteiger charge is -2.23. The first-order chi connectivity index (χ1) is 11.8. The molecule has 1 atom stereocenters. The summed E-state index contributed by atoms with van der Waals surface area (Å²) in [5.41, 5.74) is 0.677. The van der Waals surface area contributed by atoms with Crippen LogP contribution in [0.15, 0.2) is 30.3 Å². The van der Waals surface area contributed by atoms with E-state index >= 15 is 0 Å². The van der Waals surface area contributed by atoms with Crippen LogP contribution in [-0.4, -0.2) is 49.7 Å². The fourth-order valence-electron chi connectivity index (χ4n) is 1.94. The molecule has 0 saturated carbocycles. The van der Waals surface area contributed by atoms with Gasteiger partial charge < -0.3 is 20.1 Å². The summed E-state index contributed by atoms with van der Waals surface area (Å²) in [5.74, 6) is 1.21. The van der Waals surface area contributed by atoms with Crippen LogP contribution in [0.4, 0.5) is 4.79 Å². The molecule has 0 aliphatic carbocycles. The number of carbonyl (C=O) groups is 2. The molecule has 0 aliphatic rings. The Kier molecular flexibility index (Phi) is 9.37. The predicted molar refractivity (Wildman–Crippen MR) is 101 cm³/mol. The lowest BCUT2D eigenvalue weighted by molar-refractivity contribution is -0.139. The number of ether oxygens (including phenoxy) is 2. The van der Waals surface area contributed by atoms with Gasteiger partial charge in [-0.25, -0.2) is 4.79 Å². The second kappa shape index (κ2) is 11.0. The van der Waals surface area contributed by atoms with Gasteiger partial charge in [0.15, 0.2) is 0 Å². The summed E-state index contributed by atoms with van der Waals surface area (Å²) in [6, 6.07) is 9.97. The molecule has 140 valence electrons. The van der Waals surface area contributed by atoms with Crippen molar-refractivity contribution in [1.29, 1.82) is 0 Å². The Hall–Kier alpha value is -1.73. The zero-order chi connectivity index (χ0) is 18.7. The highest BCUT2D eigenvalue weighted by Gasteiger charge is 2.19. The first-order valence-electron chi connectivity index (χ1n) is 8.19. The number of hydrogen-bond acceptors (Lipinski definition) is 6. The van der Waals surface area contributed by atoms with Gasteiger partial charge in [-0.05, 0) is 26.3 Å². The molecule has 6 nitrogen and oxygen atoms in total. The fraction of sp³-hybridized carbons (Fsp3) is 0.556. The summed E-state index contributed by atoms with van der Waals surface area (Å²) >= 11 is 1.71. The van der Waals surface area contributed by atoms with Gasteiger partial charge in [0.25, 0.3) is 0 Å². The topological polar surface area (TPSA) is 76.7 Å². The van der Waals surface area contributed by atoms with Crippen molar-refractivity contribution < 1.29 is 19.1 Å². The summed E-state index contributed by atoms with van der Waals surface area (Å²) in [5, 5.41) is 5.85. The van der Waals surface area contributed by atoms with Crippen molar-refractivity contribution >= 4 is 23.8 Å². The second-order valence-electron chi connectivity index (χ2n) is 6.55. The minimum Gasteiger partial charge on any atom is -0.468 e. The monoisotopic (exact) mass is 368 g/mol. The quantitative estimate of drug-likeness (QED) is 0.653. The summed E-state index contributed by atoms with van der Waals surface area (Å²) in [7, 11) is 1.34. The molecule has 1 amide bonds. The third-order valence-corrected chi connectivity index (χ3v) is 4.21. The first-order valence-corrected chi connectivity index (χ1v) is 9.34. The molecule has 7 heteroatoms. The highest BCUT2D eigenvalue weighted by molar-refractivity contribution is 7.98. The van der Waals surface area contributed by atoms with E-state index in [0.29, 0.717) is 12.3 Å². The maximum absolute atomic E-state index is 12.0. The fourth-order valence-corrected chi connectivity index (χ4v) is 2.97. The number of hydrogen-bond donors (Lipinski definition) is 2. The van der Waals surface area contributed by atoms with Crippen LogP contribution in [0, 0.1) is 0 Å². The van der Waals surface area contributed by atoms with E-state index in [1.807, 2.05) is 39.0 Å². The van der Waals surface area contributed by atoms with E-state index in [4.69, 9.17) is 4.74 Å². The van der Waals surface area contributed by atoms with Gasteiger partial charge >= 0.3 is 12.1 Å². The van der Waals surface area contributed by atoms with Crippen LogP contribution >= 0.6 is 11.8 Å². The van der Waals surface area contributed by atoms with E-state index in [-0.39, 0.29) is 18.6 Å². The molecule has 1 aromatic rings. The van der Waals surface area contributed by atoms with E-state index in [9.17, 15) is 9.59 Å². The van der Waals surface area contributed by atoms with Gasteiger partial charge in [-0.15, -0.1) is 0 Å². The molecule has 1 rings (SSSR count). The van der Waals surface area contributed by atoms with Crippen molar-refractivity contribution in [3.63, 3.8) is 0 Å². The largest absolute Gasteiger partial charge is 0.468 e. The smallest absolute Gasteiger partial charge is 0.407 e. The predicted octanol–water partition coefficient (Wildman–Crippen LogP) is 2.58. The molecule has 0 heterocycles. The highest BCUT2D eigenvalue weighted by Crippen LogP contribution is 2.13. The Morgan fingerprint density at radius 3 is 2.48 bits per heavy atom. The molecule has 0 bridgehead atoms. The molecule has 0 radical (unpaired) electrons. The molecule has 0 spiro atoms. The number of esters is 1. The summed E-state index contributed by atoms with van der Waals surface area (Å²) in [4.78, 5) is 23.2. The maximum Gasteiger partial charge on any atom is 0.407 e. The minimum absolute atomic E-state index is 0.104. The molecular formula is C18H28N2O4S. The number of amides is 1. The molecule has 25 heavy (non-hydrogen) atoms. The van der Waals surface area contributed by atoms with E-state index < -0.39 is 11.7 Å². The maximum atomic E-state index is 12.0. The molecule has 0 unspecified atom stereocenters. The van der Waals surface area contributed by atoms with Crippen molar-refractivity contribution in [3.05, 3.63) is 35.9 Å². The van der Waals surface area contributed by atoms with Crippen LogP contribution in [0.2, 0.25) is 0 Å². The molecule has 1 aromatic carbocycles. The van der Waals surface area contributed by atoms with Gasteiger partial charge in [0.2, 0.25) is 0 Å². The number of alkyl carbamates (subject to hydrolysis) is 1. The van der Waals surface area contributed by atoms with Gasteiger partial charge in [0, 0.05) is 18.1 Å². The normalized spacial score (nSPS) is 12.3. The molecule has 0 fully saturated rings. The number of rotatable bonds is 9. The van der Waals surface area contributed by atoms with E-state index in [2.05, 4.69) is 27.5 Å². The SMILES string of the molecule is COC(=O)CNC[C@H](CSCc1ccccc1)NC(=O)OC(C)(C)C. The highest BCUT2D eigenvalue weighted by atomic mass is 32.2. The van der Waals surface area contributed by atoms with Crippen LogP contribution < -0.4 is 10.6 Å². The summed E-state index contributed by atoms with van der Waals surface area (Å²) in [6.07, 6.45) is -0.460. The standard InChI is InChI=1S/C18H28N2O4S/c1-18(2,3)24-17(22)20-15(10-19-11-16(21)23-4)13-25-12-14-8-6-5-7-9-14/h5-9,15,19H,10-13H2,1-4H3,(H,20,22)/t15-/m1/s1. The number of thioether (sulfide) groups is 1. The van der Waals surface area contributed by atoms with Crippen LogP contribution in [0.5, 0.6) is 0 Å². The number of benzene rings is 1. The Morgan fingerprint density at radius 2 is 1.88 bits per heavy atom. The lowest BCUT2D eigenvalue weighted by atomic mass is 10.2. The zero-order valence-electron chi connectivity index (χ0n) is 15.3. The van der Waals surface area contributed by atoms with Gasteiger partial charge in [-0.3, -0.25) is 4.79 Å². The molecule has 0 aliphatic heterocycles. The Bertz CT molecular complexity index is 532. The Balaban J connectivity index is 2.48. The van der Waals surface area contributed by atoms with Crippen LogP contribution in [0.25, 0.3) is 0 Å². The van der Waals surface area contributed by atoms with Crippen LogP contribution in [0.1, 0.15) is 26.3 Å². The molecule has 0 aromatic heterocycles. The van der Waals surface area contributed by atoms with Gasteiger partial charge in [0.1, 0.15) is 5.60 Å². The lowest BCUT2D eigenvalue weighted by Crippen LogP contribution is -2.46. The van der Waals surface area contributed by atoms with Gasteiger partial charge in [-0.1, -0.05) is 30.3 Å². The summed E-state index contributed by atoms with van der Waals surface area (Å²) in [6.45, 7) is 6.02. The van der Waals surface area contributed by atoms with Crippen molar-refractivity contribution in [2.24, 2.45) is 0 Å². The zero-order valence-corrected chi connectivity index (χ0v) is 16.2. The minimum atomic E-state index is -0.550. The first kappa shape index (κ1) is 21.3.